The number of hydrogen-bond donors (Lipinski definition) is 1. The van der Waals surface area contributed by atoms with E-state index in [-0.39, 0.29) is 19.1 Å². The smallest absolute Gasteiger partial charge is 0.321 e. The summed E-state index contributed by atoms with van der Waals surface area (Å²) in [7, 11) is -3.56. The van der Waals surface area contributed by atoms with Crippen molar-refractivity contribution in [2.45, 2.75) is 18.7 Å². The molecule has 1 saturated heterocycles. The maximum Gasteiger partial charge on any atom is 0.321 e. The third kappa shape index (κ3) is 4.26. The lowest BCUT2D eigenvalue weighted by Crippen LogP contribution is -2.51. The van der Waals surface area contributed by atoms with Gasteiger partial charge < -0.3 is 10.2 Å². The van der Waals surface area contributed by atoms with Crippen LogP contribution >= 0.6 is 11.6 Å². The van der Waals surface area contributed by atoms with Crippen LogP contribution in [-0.2, 0) is 10.0 Å². The summed E-state index contributed by atoms with van der Waals surface area (Å²) in [5.74, 6) is 0. The van der Waals surface area contributed by atoms with Crippen LogP contribution < -0.4 is 5.32 Å². The van der Waals surface area contributed by atoms with Crippen molar-refractivity contribution in [1.29, 1.82) is 0 Å². The number of aryl methyl sites for hydroxylation is 2. The molecule has 0 bridgehead atoms. The summed E-state index contributed by atoms with van der Waals surface area (Å²) in [4.78, 5) is 14.3. The van der Waals surface area contributed by atoms with Gasteiger partial charge in [-0.1, -0.05) is 29.8 Å². The van der Waals surface area contributed by atoms with Gasteiger partial charge in [-0.3, -0.25) is 0 Å². The van der Waals surface area contributed by atoms with Crippen LogP contribution in [-0.4, -0.2) is 49.8 Å². The van der Waals surface area contributed by atoms with Gasteiger partial charge in [0, 0.05) is 26.2 Å². The second kappa shape index (κ2) is 7.88. The Labute approximate surface area is 164 Å². The zero-order chi connectivity index (χ0) is 19.6. The molecule has 2 aromatic carbocycles. The molecule has 2 aromatic rings. The third-order valence-corrected chi connectivity index (χ3v) is 6.98. The number of benzene rings is 2. The minimum atomic E-state index is -3.56. The molecule has 0 unspecified atom stereocenters. The van der Waals surface area contributed by atoms with E-state index in [0.717, 1.165) is 11.1 Å². The monoisotopic (exact) mass is 407 g/mol. The quantitative estimate of drug-likeness (QED) is 0.846. The average molecular weight is 408 g/mol. The molecular weight excluding hydrogens is 386 g/mol. The van der Waals surface area contributed by atoms with E-state index >= 15 is 0 Å². The Morgan fingerprint density at radius 3 is 2.30 bits per heavy atom. The van der Waals surface area contributed by atoms with Crippen LogP contribution in [0, 0.1) is 13.8 Å². The molecule has 0 atom stereocenters. The highest BCUT2D eigenvalue weighted by Gasteiger charge is 2.30. The molecule has 0 radical (unpaired) electrons. The number of carbonyl (C=O) groups excluding carboxylic acids is 1. The van der Waals surface area contributed by atoms with Gasteiger partial charge in [-0.15, -0.1) is 0 Å². The van der Waals surface area contributed by atoms with Gasteiger partial charge in [0.1, 0.15) is 0 Å². The number of sulfonamides is 1. The fraction of sp³-hybridized carbons (Fsp3) is 0.316. The SMILES string of the molecule is Cc1ccc(S(=O)(=O)N2CCN(C(=O)Nc3ccccc3Cl)CC2)cc1C. The lowest BCUT2D eigenvalue weighted by Gasteiger charge is -2.34. The maximum atomic E-state index is 12.9. The predicted molar refractivity (Wildman–Crippen MR) is 107 cm³/mol. The second-order valence-corrected chi connectivity index (χ2v) is 8.89. The lowest BCUT2D eigenvalue weighted by atomic mass is 10.1. The molecule has 0 spiro atoms. The Bertz CT molecular complexity index is 954. The summed E-state index contributed by atoms with van der Waals surface area (Å²) >= 11 is 6.06. The van der Waals surface area contributed by atoms with E-state index < -0.39 is 10.0 Å². The first-order chi connectivity index (χ1) is 12.8. The van der Waals surface area contributed by atoms with Crippen molar-refractivity contribution in [3.05, 3.63) is 58.6 Å². The van der Waals surface area contributed by atoms with Crippen molar-refractivity contribution in [3.8, 4) is 0 Å². The summed E-state index contributed by atoms with van der Waals surface area (Å²) < 4.78 is 27.1. The number of amides is 2. The van der Waals surface area contributed by atoms with Crippen molar-refractivity contribution >= 4 is 33.3 Å². The van der Waals surface area contributed by atoms with E-state index in [2.05, 4.69) is 5.32 Å². The van der Waals surface area contributed by atoms with Gasteiger partial charge in [0.15, 0.2) is 0 Å². The van der Waals surface area contributed by atoms with Crippen LogP contribution in [0.2, 0.25) is 5.02 Å². The van der Waals surface area contributed by atoms with E-state index in [9.17, 15) is 13.2 Å². The Morgan fingerprint density at radius 1 is 1.00 bits per heavy atom. The first-order valence-electron chi connectivity index (χ1n) is 8.67. The number of para-hydroxylation sites is 1. The van der Waals surface area contributed by atoms with Gasteiger partial charge in [-0.2, -0.15) is 4.31 Å². The molecule has 1 N–H and O–H groups in total. The molecule has 0 aliphatic carbocycles. The molecule has 0 saturated carbocycles. The standard InChI is InChI=1S/C19H22ClN3O3S/c1-14-7-8-16(13-15(14)2)27(25,26)23-11-9-22(10-12-23)19(24)21-18-6-4-3-5-17(18)20/h3-8,13H,9-12H2,1-2H3,(H,21,24). The topological polar surface area (TPSA) is 69.7 Å². The Balaban J connectivity index is 1.65. The molecule has 1 heterocycles. The Hall–Kier alpha value is -2.09. The highest BCUT2D eigenvalue weighted by atomic mass is 35.5. The van der Waals surface area contributed by atoms with Gasteiger partial charge in [-0.25, -0.2) is 13.2 Å². The fourth-order valence-corrected chi connectivity index (χ4v) is 4.60. The average Bonchev–Trinajstić information content (AvgIpc) is 2.65. The molecule has 1 aliphatic rings. The largest absolute Gasteiger partial charge is 0.322 e. The molecule has 3 rings (SSSR count). The maximum absolute atomic E-state index is 12.9. The third-order valence-electron chi connectivity index (χ3n) is 4.76. The highest BCUT2D eigenvalue weighted by Crippen LogP contribution is 2.23. The summed E-state index contributed by atoms with van der Waals surface area (Å²) in [5.41, 5.74) is 2.53. The summed E-state index contributed by atoms with van der Waals surface area (Å²) in [6.07, 6.45) is 0. The van der Waals surface area contributed by atoms with Crippen molar-refractivity contribution in [1.82, 2.24) is 9.21 Å². The lowest BCUT2D eigenvalue weighted by molar-refractivity contribution is 0.184. The normalized spacial score (nSPS) is 15.6. The summed E-state index contributed by atoms with van der Waals surface area (Å²) in [5, 5.41) is 3.23. The predicted octanol–water partition coefficient (Wildman–Crippen LogP) is 3.50. The number of anilines is 1. The molecule has 1 aliphatic heterocycles. The molecule has 1 fully saturated rings. The van der Waals surface area contributed by atoms with Gasteiger partial charge in [0.05, 0.1) is 15.6 Å². The van der Waals surface area contributed by atoms with Crippen molar-refractivity contribution < 1.29 is 13.2 Å². The van der Waals surface area contributed by atoms with Crippen LogP contribution in [0.25, 0.3) is 0 Å². The molecular formula is C19H22ClN3O3S. The number of halogens is 1. The molecule has 2 amide bonds. The fourth-order valence-electron chi connectivity index (χ4n) is 2.91. The van der Waals surface area contributed by atoms with E-state index in [4.69, 9.17) is 11.6 Å². The molecule has 0 aromatic heterocycles. The minimum absolute atomic E-state index is 0.255. The zero-order valence-electron chi connectivity index (χ0n) is 15.3. The number of carbonyl (C=O) groups is 1. The first-order valence-corrected chi connectivity index (χ1v) is 10.5. The van der Waals surface area contributed by atoms with Crippen LogP contribution in [0.5, 0.6) is 0 Å². The van der Waals surface area contributed by atoms with Crippen LogP contribution in [0.4, 0.5) is 10.5 Å². The summed E-state index contributed by atoms with van der Waals surface area (Å²) in [6, 6.07) is 11.9. The van der Waals surface area contributed by atoms with Gasteiger partial charge >= 0.3 is 6.03 Å². The number of hydrogen-bond acceptors (Lipinski definition) is 3. The van der Waals surface area contributed by atoms with E-state index in [1.165, 1.54) is 4.31 Å². The molecule has 144 valence electrons. The van der Waals surface area contributed by atoms with Crippen molar-refractivity contribution in [2.75, 3.05) is 31.5 Å². The van der Waals surface area contributed by atoms with E-state index in [0.29, 0.717) is 28.7 Å². The minimum Gasteiger partial charge on any atom is -0.322 e. The van der Waals surface area contributed by atoms with Crippen LogP contribution in [0.1, 0.15) is 11.1 Å². The highest BCUT2D eigenvalue weighted by molar-refractivity contribution is 7.89. The van der Waals surface area contributed by atoms with Gasteiger partial charge in [0.25, 0.3) is 0 Å². The number of nitrogens with one attached hydrogen (secondary N) is 1. The number of piperazine rings is 1. The van der Waals surface area contributed by atoms with Crippen LogP contribution in [0.15, 0.2) is 47.4 Å². The van der Waals surface area contributed by atoms with Crippen LogP contribution in [0.3, 0.4) is 0 Å². The van der Waals surface area contributed by atoms with E-state index in [1.54, 1.807) is 41.3 Å². The Kier molecular flexibility index (Phi) is 5.74. The first kappa shape index (κ1) is 19.7. The number of rotatable bonds is 3. The van der Waals surface area contributed by atoms with Gasteiger partial charge in [0.2, 0.25) is 10.0 Å². The van der Waals surface area contributed by atoms with Crippen molar-refractivity contribution in [2.24, 2.45) is 0 Å². The van der Waals surface area contributed by atoms with Gasteiger partial charge in [-0.05, 0) is 49.2 Å². The van der Waals surface area contributed by atoms with E-state index in [1.807, 2.05) is 19.9 Å². The van der Waals surface area contributed by atoms with Crippen molar-refractivity contribution in [3.63, 3.8) is 0 Å². The Morgan fingerprint density at radius 2 is 1.67 bits per heavy atom. The molecule has 27 heavy (non-hydrogen) atoms. The zero-order valence-corrected chi connectivity index (χ0v) is 16.8. The number of urea groups is 1. The second-order valence-electron chi connectivity index (χ2n) is 6.55. The molecule has 8 heteroatoms. The molecule has 6 nitrogen and oxygen atoms in total. The number of nitrogens with zero attached hydrogens (tertiary/aromatic N) is 2. The summed E-state index contributed by atoms with van der Waals surface area (Å²) in [6.45, 7) is 4.99.